The fourth-order valence-electron chi connectivity index (χ4n) is 2.98. The van der Waals surface area contributed by atoms with Crippen LogP contribution in [0.15, 0.2) is 71.6 Å². The molecule has 3 aromatic carbocycles. The van der Waals surface area contributed by atoms with E-state index in [2.05, 4.69) is 14.7 Å². The second-order valence-corrected chi connectivity index (χ2v) is 8.02. The second kappa shape index (κ2) is 7.31. The van der Waals surface area contributed by atoms with Crippen LogP contribution in [0.2, 0.25) is 0 Å². The summed E-state index contributed by atoms with van der Waals surface area (Å²) in [7, 11) is -3.93. The summed E-state index contributed by atoms with van der Waals surface area (Å²) >= 11 is 0. The zero-order valence-electron chi connectivity index (χ0n) is 15.2. The predicted octanol–water partition coefficient (Wildman–Crippen LogP) is 3.81. The first kappa shape index (κ1) is 19.1. The molecule has 0 unspecified atom stereocenters. The molecule has 4 rings (SSSR count). The number of rotatable bonds is 5. The smallest absolute Gasteiger partial charge is 0.297 e. The first-order chi connectivity index (χ1) is 14.4. The first-order valence-electron chi connectivity index (χ1n) is 8.64. The monoisotopic (exact) mass is 419 g/mol. The van der Waals surface area contributed by atoms with E-state index in [4.69, 9.17) is 5.26 Å². The van der Waals surface area contributed by atoms with Crippen molar-refractivity contribution in [3.63, 3.8) is 0 Å². The average molecular weight is 419 g/mol. The topological polar surface area (TPSA) is 142 Å². The number of benzene rings is 3. The van der Waals surface area contributed by atoms with E-state index in [1.807, 2.05) is 6.07 Å². The van der Waals surface area contributed by atoms with Crippen LogP contribution in [0.1, 0.15) is 5.56 Å². The molecule has 0 aliphatic heterocycles. The summed E-state index contributed by atoms with van der Waals surface area (Å²) in [6, 6.07) is 18.7. The number of aromatic nitrogens is 2. The third-order valence-corrected chi connectivity index (χ3v) is 5.73. The Labute approximate surface area is 170 Å². The van der Waals surface area contributed by atoms with E-state index in [1.54, 1.807) is 42.5 Å². The number of para-hydroxylation sites is 1. The molecule has 9 nitrogen and oxygen atoms in total. The van der Waals surface area contributed by atoms with Crippen LogP contribution >= 0.6 is 0 Å². The molecule has 0 fully saturated rings. The molecule has 1 heterocycles. The molecule has 0 radical (unpaired) electrons. The van der Waals surface area contributed by atoms with Gasteiger partial charge in [0.1, 0.15) is 5.82 Å². The number of fused-ring (bicyclic) bond motifs is 1. The first-order valence-corrected chi connectivity index (χ1v) is 10.1. The summed E-state index contributed by atoms with van der Waals surface area (Å²) in [5, 5.41) is 20.2. The van der Waals surface area contributed by atoms with Gasteiger partial charge in [-0.3, -0.25) is 14.8 Å². The number of non-ortho nitro benzene ring substituents is 1. The Kier molecular flexibility index (Phi) is 4.65. The Morgan fingerprint density at radius 3 is 2.60 bits per heavy atom. The third-order valence-electron chi connectivity index (χ3n) is 4.35. The molecule has 0 aliphatic rings. The van der Waals surface area contributed by atoms with Crippen LogP contribution in [-0.2, 0) is 10.0 Å². The van der Waals surface area contributed by atoms with E-state index in [9.17, 15) is 18.5 Å². The summed E-state index contributed by atoms with van der Waals surface area (Å²) < 4.78 is 28.0. The number of nitro groups is 1. The minimum absolute atomic E-state index is 0.0164. The minimum atomic E-state index is -3.93. The highest BCUT2D eigenvalue weighted by atomic mass is 32.2. The number of anilines is 1. The van der Waals surface area contributed by atoms with Crippen molar-refractivity contribution in [1.29, 1.82) is 5.26 Å². The molecule has 0 aliphatic carbocycles. The highest BCUT2D eigenvalue weighted by Crippen LogP contribution is 2.28. The van der Waals surface area contributed by atoms with Gasteiger partial charge < -0.3 is 4.98 Å². The third kappa shape index (κ3) is 3.57. The van der Waals surface area contributed by atoms with Crippen molar-refractivity contribution in [2.45, 2.75) is 4.90 Å². The number of aromatic amines is 1. The molecule has 1 aromatic heterocycles. The largest absolute Gasteiger partial charge is 0.338 e. The standard InChI is InChI=1S/C20H13N5O4S/c21-12-13-4-1-6-15(10-13)24-30(28,29)16-7-2-5-14(11-16)20-22-17-8-3-9-18(25(26)27)19(17)23-20/h1-11,24H,(H,22,23). The zero-order chi connectivity index (χ0) is 21.3. The van der Waals surface area contributed by atoms with Gasteiger partial charge in [0.15, 0.2) is 5.52 Å². The van der Waals surface area contributed by atoms with E-state index in [-0.39, 0.29) is 21.8 Å². The molecular formula is C20H13N5O4S. The number of sulfonamides is 1. The molecule has 0 spiro atoms. The second-order valence-electron chi connectivity index (χ2n) is 6.34. The SMILES string of the molecule is N#Cc1cccc(NS(=O)(=O)c2cccc(-c3nc4c([N+](=O)[O-])cccc4[nH]3)c2)c1. The minimum Gasteiger partial charge on any atom is -0.338 e. The van der Waals surface area contributed by atoms with Crippen LogP contribution in [0.5, 0.6) is 0 Å². The van der Waals surface area contributed by atoms with Crippen molar-refractivity contribution in [3.05, 3.63) is 82.4 Å². The molecule has 148 valence electrons. The van der Waals surface area contributed by atoms with Crippen molar-refractivity contribution >= 4 is 32.4 Å². The van der Waals surface area contributed by atoms with E-state index < -0.39 is 14.9 Å². The molecular weight excluding hydrogens is 406 g/mol. The van der Waals surface area contributed by atoms with Gasteiger partial charge in [-0.15, -0.1) is 0 Å². The number of nitriles is 1. The van der Waals surface area contributed by atoms with Gasteiger partial charge in [0, 0.05) is 11.6 Å². The zero-order valence-corrected chi connectivity index (χ0v) is 16.1. The summed E-state index contributed by atoms with van der Waals surface area (Å²) in [6.07, 6.45) is 0. The fraction of sp³-hybridized carbons (Fsp3) is 0. The van der Waals surface area contributed by atoms with E-state index in [0.29, 0.717) is 22.5 Å². The van der Waals surface area contributed by atoms with Crippen molar-refractivity contribution in [2.75, 3.05) is 4.72 Å². The van der Waals surface area contributed by atoms with Crippen molar-refractivity contribution in [1.82, 2.24) is 9.97 Å². The average Bonchev–Trinajstić information content (AvgIpc) is 3.18. The van der Waals surface area contributed by atoms with Gasteiger partial charge in [-0.25, -0.2) is 13.4 Å². The van der Waals surface area contributed by atoms with Crippen molar-refractivity contribution in [3.8, 4) is 17.5 Å². The molecule has 2 N–H and O–H groups in total. The van der Waals surface area contributed by atoms with Crippen LogP contribution in [0, 0.1) is 21.4 Å². The van der Waals surface area contributed by atoms with Gasteiger partial charge >= 0.3 is 0 Å². The number of nitrogens with one attached hydrogen (secondary N) is 2. The highest BCUT2D eigenvalue weighted by molar-refractivity contribution is 7.92. The van der Waals surface area contributed by atoms with Gasteiger partial charge in [-0.2, -0.15) is 5.26 Å². The van der Waals surface area contributed by atoms with Gasteiger partial charge in [0.25, 0.3) is 15.7 Å². The summed E-state index contributed by atoms with van der Waals surface area (Å²) in [4.78, 5) is 17.9. The van der Waals surface area contributed by atoms with E-state index in [1.165, 1.54) is 24.3 Å². The number of hydrogen-bond acceptors (Lipinski definition) is 6. The summed E-state index contributed by atoms with van der Waals surface area (Å²) in [5.74, 6) is 0.308. The van der Waals surface area contributed by atoms with Gasteiger partial charge in [-0.05, 0) is 36.4 Å². The molecule has 10 heteroatoms. The Balaban J connectivity index is 1.72. The molecule has 4 aromatic rings. The van der Waals surface area contributed by atoms with Crippen LogP contribution in [-0.4, -0.2) is 23.3 Å². The van der Waals surface area contributed by atoms with E-state index in [0.717, 1.165) is 0 Å². The number of hydrogen-bond donors (Lipinski definition) is 2. The maximum atomic E-state index is 12.8. The quantitative estimate of drug-likeness (QED) is 0.372. The lowest BCUT2D eigenvalue weighted by Gasteiger charge is -2.09. The number of imidazole rings is 1. The summed E-state index contributed by atoms with van der Waals surface area (Å²) in [6.45, 7) is 0. The molecule has 30 heavy (non-hydrogen) atoms. The lowest BCUT2D eigenvalue weighted by atomic mass is 10.2. The molecule has 0 saturated carbocycles. The fourth-order valence-corrected chi connectivity index (χ4v) is 4.07. The predicted molar refractivity (Wildman–Crippen MR) is 110 cm³/mol. The lowest BCUT2D eigenvalue weighted by molar-refractivity contribution is -0.383. The molecule has 0 atom stereocenters. The van der Waals surface area contributed by atoms with Crippen molar-refractivity contribution < 1.29 is 13.3 Å². The Hall–Kier alpha value is -4.23. The Bertz CT molecular complexity index is 1440. The normalized spacial score (nSPS) is 11.2. The molecule has 0 amide bonds. The number of nitrogens with zero attached hydrogens (tertiary/aromatic N) is 3. The number of nitro benzene ring substituents is 1. The Morgan fingerprint density at radius 2 is 1.83 bits per heavy atom. The van der Waals surface area contributed by atoms with Crippen LogP contribution in [0.25, 0.3) is 22.4 Å². The molecule has 0 saturated heterocycles. The summed E-state index contributed by atoms with van der Waals surface area (Å²) in [5.41, 5.74) is 1.56. The van der Waals surface area contributed by atoms with Gasteiger partial charge in [0.2, 0.25) is 0 Å². The molecule has 0 bridgehead atoms. The lowest BCUT2D eigenvalue weighted by Crippen LogP contribution is -2.13. The number of H-pyrrole nitrogens is 1. The van der Waals surface area contributed by atoms with E-state index >= 15 is 0 Å². The van der Waals surface area contributed by atoms with Gasteiger partial charge in [0.05, 0.1) is 32.7 Å². The Morgan fingerprint density at radius 1 is 1.07 bits per heavy atom. The van der Waals surface area contributed by atoms with Crippen LogP contribution < -0.4 is 4.72 Å². The van der Waals surface area contributed by atoms with Gasteiger partial charge in [-0.1, -0.05) is 24.3 Å². The maximum absolute atomic E-state index is 12.8. The maximum Gasteiger partial charge on any atom is 0.297 e. The van der Waals surface area contributed by atoms with Crippen LogP contribution in [0.4, 0.5) is 11.4 Å². The highest BCUT2D eigenvalue weighted by Gasteiger charge is 2.19. The van der Waals surface area contributed by atoms with Crippen molar-refractivity contribution in [2.24, 2.45) is 0 Å². The van der Waals surface area contributed by atoms with Crippen LogP contribution in [0.3, 0.4) is 0 Å².